The summed E-state index contributed by atoms with van der Waals surface area (Å²) in [4.78, 5) is 16.0. The topological polar surface area (TPSA) is 71.3 Å². The summed E-state index contributed by atoms with van der Waals surface area (Å²) in [5.41, 5.74) is 8.90. The molecule has 4 aromatic rings. The van der Waals surface area contributed by atoms with Gasteiger partial charge in [-0.2, -0.15) is 5.10 Å². The Labute approximate surface area is 200 Å². The average molecular weight is 459 g/mol. The molecule has 1 N–H and O–H groups in total. The smallest absolute Gasteiger partial charge is 0.197 e. The van der Waals surface area contributed by atoms with Crippen molar-refractivity contribution in [2.45, 2.75) is 70.8 Å². The second kappa shape index (κ2) is 8.38. The van der Waals surface area contributed by atoms with Crippen LogP contribution in [0.2, 0.25) is 0 Å². The van der Waals surface area contributed by atoms with Crippen LogP contribution in [0.5, 0.6) is 5.75 Å². The third kappa shape index (κ3) is 3.49. The highest BCUT2D eigenvalue weighted by Crippen LogP contribution is 2.40. The first-order valence-corrected chi connectivity index (χ1v) is 12.7. The van der Waals surface area contributed by atoms with E-state index in [2.05, 4.69) is 46.8 Å². The Morgan fingerprint density at radius 3 is 2.59 bits per heavy atom. The lowest BCUT2D eigenvalue weighted by atomic mass is 9.81. The number of likely N-dealkylation sites (tertiary alicyclic amines) is 1. The number of nitrogens with one attached hydrogen (secondary N) is 1. The maximum Gasteiger partial charge on any atom is 0.197 e. The summed E-state index contributed by atoms with van der Waals surface area (Å²) < 4.78 is 7.40. The van der Waals surface area contributed by atoms with E-state index in [1.54, 1.807) is 18.0 Å². The molecule has 0 spiro atoms. The zero-order chi connectivity index (χ0) is 23.4. The SMILES string of the molecule is COc1cc(-c2[nH]c3cc(C)c(C4CCC(N5CCC5)CC4)nc3c2C(C)C)cn2ncnc12. The molecule has 0 amide bonds. The number of aryl methyl sites for hydroxylation is 1. The number of methoxy groups -OCH3 is 1. The number of aromatic amines is 1. The molecule has 7 heteroatoms. The first-order chi connectivity index (χ1) is 16.5. The van der Waals surface area contributed by atoms with Gasteiger partial charge in [0, 0.05) is 35.0 Å². The first kappa shape index (κ1) is 21.6. The Balaban J connectivity index is 1.41. The number of aromatic nitrogens is 5. The molecule has 1 aliphatic carbocycles. The number of ether oxygens (including phenoxy) is 1. The molecule has 7 nitrogen and oxygen atoms in total. The minimum Gasteiger partial charge on any atom is -0.493 e. The summed E-state index contributed by atoms with van der Waals surface area (Å²) in [5.74, 6) is 1.60. The predicted molar refractivity (Wildman–Crippen MR) is 135 cm³/mol. The van der Waals surface area contributed by atoms with Crippen LogP contribution in [0.25, 0.3) is 27.9 Å². The van der Waals surface area contributed by atoms with Gasteiger partial charge in [0.25, 0.3) is 0 Å². The fourth-order valence-electron chi connectivity index (χ4n) is 6.05. The van der Waals surface area contributed by atoms with Crippen LogP contribution in [-0.4, -0.2) is 55.7 Å². The second-order valence-corrected chi connectivity index (χ2v) is 10.4. The molecule has 4 aromatic heterocycles. The highest BCUT2D eigenvalue weighted by molar-refractivity contribution is 5.89. The van der Waals surface area contributed by atoms with Gasteiger partial charge in [-0.1, -0.05) is 13.8 Å². The normalized spacial score (nSPS) is 21.4. The van der Waals surface area contributed by atoms with E-state index in [4.69, 9.17) is 9.72 Å². The largest absolute Gasteiger partial charge is 0.493 e. The minimum atomic E-state index is 0.325. The fraction of sp³-hybridized carbons (Fsp3) is 0.519. The van der Waals surface area contributed by atoms with Crippen LogP contribution in [0.1, 0.15) is 74.6 Å². The number of hydrogen-bond acceptors (Lipinski definition) is 5. The number of fused-ring (bicyclic) bond motifs is 2. The molecule has 1 saturated carbocycles. The van der Waals surface area contributed by atoms with Crippen LogP contribution < -0.4 is 4.74 Å². The van der Waals surface area contributed by atoms with Crippen LogP contribution >= 0.6 is 0 Å². The van der Waals surface area contributed by atoms with E-state index >= 15 is 0 Å². The summed E-state index contributed by atoms with van der Waals surface area (Å²) >= 11 is 0. The van der Waals surface area contributed by atoms with Gasteiger partial charge in [0.1, 0.15) is 6.33 Å². The van der Waals surface area contributed by atoms with Crippen LogP contribution in [0.4, 0.5) is 0 Å². The third-order valence-corrected chi connectivity index (χ3v) is 7.95. The van der Waals surface area contributed by atoms with Crippen molar-refractivity contribution in [3.05, 3.63) is 41.5 Å². The predicted octanol–water partition coefficient (Wildman–Crippen LogP) is 5.44. The number of rotatable bonds is 5. The lowest BCUT2D eigenvalue weighted by Gasteiger charge is -2.42. The summed E-state index contributed by atoms with van der Waals surface area (Å²) in [6, 6.07) is 5.14. The van der Waals surface area contributed by atoms with Crippen molar-refractivity contribution in [1.29, 1.82) is 0 Å². The van der Waals surface area contributed by atoms with Crippen molar-refractivity contribution in [2.75, 3.05) is 20.2 Å². The van der Waals surface area contributed by atoms with Crippen molar-refractivity contribution in [2.24, 2.45) is 0 Å². The Morgan fingerprint density at radius 1 is 1.12 bits per heavy atom. The van der Waals surface area contributed by atoms with Gasteiger partial charge in [-0.15, -0.1) is 0 Å². The molecule has 0 bridgehead atoms. The van der Waals surface area contributed by atoms with E-state index in [1.165, 1.54) is 62.0 Å². The minimum absolute atomic E-state index is 0.325. The van der Waals surface area contributed by atoms with E-state index in [1.807, 2.05) is 12.3 Å². The number of pyridine rings is 2. The lowest BCUT2D eigenvalue weighted by Crippen LogP contribution is -2.46. The maximum absolute atomic E-state index is 5.62. The molecule has 34 heavy (non-hydrogen) atoms. The molecule has 0 unspecified atom stereocenters. The van der Waals surface area contributed by atoms with E-state index in [9.17, 15) is 0 Å². The molecule has 178 valence electrons. The van der Waals surface area contributed by atoms with Crippen LogP contribution in [0, 0.1) is 6.92 Å². The standard InChI is InChI=1S/C27H34N6O/c1-16(2)23-25(19-13-22(34-4)27-28-15-29-33(27)14-19)30-21-12-17(3)24(31-26(21)23)18-6-8-20(9-7-18)32-10-5-11-32/h12-16,18,20,30H,5-11H2,1-4H3. The Morgan fingerprint density at radius 2 is 1.91 bits per heavy atom. The van der Waals surface area contributed by atoms with E-state index in [0.29, 0.717) is 17.6 Å². The molecule has 2 aliphatic rings. The number of nitrogens with zero attached hydrogens (tertiary/aromatic N) is 5. The van der Waals surface area contributed by atoms with E-state index < -0.39 is 0 Å². The summed E-state index contributed by atoms with van der Waals surface area (Å²) in [6.07, 6.45) is 10.1. The van der Waals surface area contributed by atoms with Gasteiger partial charge in [0.15, 0.2) is 11.4 Å². The van der Waals surface area contributed by atoms with Crippen molar-refractivity contribution >= 4 is 16.7 Å². The molecule has 2 fully saturated rings. The maximum atomic E-state index is 5.62. The average Bonchev–Trinajstić information content (AvgIpc) is 3.41. The lowest BCUT2D eigenvalue weighted by molar-refractivity contribution is 0.0866. The molecular formula is C27H34N6O. The van der Waals surface area contributed by atoms with Gasteiger partial charge in [0.2, 0.25) is 0 Å². The van der Waals surface area contributed by atoms with Crippen molar-refractivity contribution < 1.29 is 4.74 Å². The summed E-state index contributed by atoms with van der Waals surface area (Å²) in [5, 5.41) is 4.35. The van der Waals surface area contributed by atoms with Crippen molar-refractivity contribution in [3.63, 3.8) is 0 Å². The Kier molecular flexibility index (Phi) is 5.32. The molecule has 6 rings (SSSR count). The van der Waals surface area contributed by atoms with E-state index in [0.717, 1.165) is 34.0 Å². The highest BCUT2D eigenvalue weighted by atomic mass is 16.5. The van der Waals surface area contributed by atoms with Gasteiger partial charge in [-0.05, 0) is 75.7 Å². The Bertz CT molecular complexity index is 1340. The summed E-state index contributed by atoms with van der Waals surface area (Å²) in [7, 11) is 1.68. The monoisotopic (exact) mass is 458 g/mol. The van der Waals surface area contributed by atoms with E-state index in [-0.39, 0.29) is 0 Å². The highest BCUT2D eigenvalue weighted by Gasteiger charge is 2.31. The van der Waals surface area contributed by atoms with Crippen molar-refractivity contribution in [3.8, 4) is 17.0 Å². The van der Waals surface area contributed by atoms with Crippen LogP contribution in [-0.2, 0) is 0 Å². The molecule has 0 radical (unpaired) electrons. The van der Waals surface area contributed by atoms with Crippen molar-refractivity contribution in [1.82, 2.24) is 29.5 Å². The number of hydrogen-bond donors (Lipinski definition) is 1. The zero-order valence-electron chi connectivity index (χ0n) is 20.6. The fourth-order valence-corrected chi connectivity index (χ4v) is 6.05. The van der Waals surface area contributed by atoms with Gasteiger partial charge < -0.3 is 14.6 Å². The third-order valence-electron chi connectivity index (χ3n) is 7.95. The molecule has 0 atom stereocenters. The molecule has 0 aromatic carbocycles. The summed E-state index contributed by atoms with van der Waals surface area (Å²) in [6.45, 7) is 9.32. The van der Waals surface area contributed by atoms with Gasteiger partial charge >= 0.3 is 0 Å². The molecular weight excluding hydrogens is 424 g/mol. The first-order valence-electron chi connectivity index (χ1n) is 12.7. The zero-order valence-corrected chi connectivity index (χ0v) is 20.6. The van der Waals surface area contributed by atoms with Gasteiger partial charge in [-0.3, -0.25) is 4.98 Å². The molecule has 1 aliphatic heterocycles. The quantitative estimate of drug-likeness (QED) is 0.431. The van der Waals surface area contributed by atoms with Crippen LogP contribution in [0.15, 0.2) is 24.7 Å². The molecule has 1 saturated heterocycles. The second-order valence-electron chi connectivity index (χ2n) is 10.4. The molecule has 5 heterocycles. The number of H-pyrrole nitrogens is 1. The van der Waals surface area contributed by atoms with Gasteiger partial charge in [0.05, 0.1) is 23.8 Å². The van der Waals surface area contributed by atoms with Crippen LogP contribution in [0.3, 0.4) is 0 Å². The Hall–Kier alpha value is -2.93. The van der Waals surface area contributed by atoms with Gasteiger partial charge in [-0.25, -0.2) is 9.50 Å².